The van der Waals surface area contributed by atoms with Gasteiger partial charge in [-0.3, -0.25) is 14.6 Å². The van der Waals surface area contributed by atoms with Crippen molar-refractivity contribution in [3.05, 3.63) is 97.0 Å². The Morgan fingerprint density at radius 1 is 0.887 bits per heavy atom. The normalized spacial score (nSPS) is 16.2. The van der Waals surface area contributed by atoms with E-state index in [0.717, 1.165) is 35.1 Å². The van der Waals surface area contributed by atoms with Crippen LogP contribution >= 0.6 is 0 Å². The van der Waals surface area contributed by atoms with Crippen molar-refractivity contribution in [2.45, 2.75) is 64.5 Å². The minimum Gasteiger partial charge on any atom is -0.444 e. The summed E-state index contributed by atoms with van der Waals surface area (Å²) in [6.07, 6.45) is 7.76. The molecule has 0 unspecified atom stereocenters. The Balaban J connectivity index is 1.09. The summed E-state index contributed by atoms with van der Waals surface area (Å²) in [5, 5.41) is 22.9. The van der Waals surface area contributed by atoms with Crippen molar-refractivity contribution in [1.29, 1.82) is 0 Å². The number of H-pyrrole nitrogens is 1. The van der Waals surface area contributed by atoms with E-state index in [1.807, 2.05) is 57.2 Å². The first-order chi connectivity index (χ1) is 25.6. The van der Waals surface area contributed by atoms with Crippen molar-refractivity contribution in [1.82, 2.24) is 41.2 Å². The van der Waals surface area contributed by atoms with E-state index in [9.17, 15) is 14.4 Å². The first-order valence-corrected chi connectivity index (χ1v) is 17.6. The maximum atomic E-state index is 13.8. The number of alkyl carbamates (subject to hydrolysis) is 1. The molecule has 1 aliphatic rings. The summed E-state index contributed by atoms with van der Waals surface area (Å²) in [6.45, 7) is 5.97. The molecule has 0 aliphatic heterocycles. The molecule has 6 rings (SSSR count). The largest absolute Gasteiger partial charge is 0.444 e. The molecule has 0 spiro atoms. The summed E-state index contributed by atoms with van der Waals surface area (Å²) >= 11 is 0. The molecule has 3 aromatic heterocycles. The molecule has 14 nitrogen and oxygen atoms in total. The molecule has 3 amide bonds. The van der Waals surface area contributed by atoms with Crippen LogP contribution in [0.2, 0.25) is 0 Å². The maximum absolute atomic E-state index is 13.8. The Kier molecular flexibility index (Phi) is 11.7. The number of rotatable bonds is 12. The first kappa shape index (κ1) is 36.6. The van der Waals surface area contributed by atoms with Crippen molar-refractivity contribution in [2.75, 3.05) is 11.9 Å². The Hall–Kier alpha value is -6.18. The molecule has 53 heavy (non-hydrogen) atoms. The Morgan fingerprint density at radius 2 is 1.62 bits per heavy atom. The lowest BCUT2D eigenvalue weighted by Crippen LogP contribution is -2.48. The molecular weight excluding hydrogens is 674 g/mol. The zero-order chi connectivity index (χ0) is 37.2. The molecule has 0 saturated heterocycles. The lowest BCUT2D eigenvalue weighted by molar-refractivity contribution is -0.130. The summed E-state index contributed by atoms with van der Waals surface area (Å²) < 4.78 is 11.1. The van der Waals surface area contributed by atoms with Crippen molar-refractivity contribution in [3.8, 4) is 34.1 Å². The van der Waals surface area contributed by atoms with Gasteiger partial charge in [0.25, 0.3) is 0 Å². The second-order valence-electron chi connectivity index (χ2n) is 14.0. The highest BCUT2D eigenvalue weighted by Gasteiger charge is 2.30. The van der Waals surface area contributed by atoms with Crippen LogP contribution < -0.4 is 20.7 Å². The van der Waals surface area contributed by atoms with Crippen LogP contribution in [0, 0.1) is 11.8 Å². The number of tetrazole rings is 1. The van der Waals surface area contributed by atoms with E-state index < -0.39 is 17.7 Å². The molecule has 2 aromatic carbocycles. The second kappa shape index (κ2) is 16.9. The monoisotopic (exact) mass is 717 g/mol. The number of carbonyl (C=O) groups excluding carboxylic acids is 3. The van der Waals surface area contributed by atoms with Crippen LogP contribution in [0.1, 0.15) is 52.0 Å². The molecule has 1 atom stereocenters. The van der Waals surface area contributed by atoms with E-state index in [1.165, 1.54) is 0 Å². The fourth-order valence-corrected chi connectivity index (χ4v) is 6.09. The number of aromatic amines is 1. The van der Waals surface area contributed by atoms with E-state index >= 15 is 0 Å². The number of nitrogens with one attached hydrogen (secondary N) is 4. The summed E-state index contributed by atoms with van der Waals surface area (Å²) in [5.74, 6) is 1.02. The van der Waals surface area contributed by atoms with E-state index in [4.69, 9.17) is 9.47 Å². The van der Waals surface area contributed by atoms with Gasteiger partial charge in [0.05, 0.1) is 6.20 Å². The molecule has 0 radical (unpaired) electrons. The van der Waals surface area contributed by atoms with Crippen molar-refractivity contribution < 1.29 is 23.9 Å². The van der Waals surface area contributed by atoms with Crippen LogP contribution in [0.15, 0.2) is 91.4 Å². The Morgan fingerprint density at radius 3 is 2.26 bits per heavy atom. The van der Waals surface area contributed by atoms with Gasteiger partial charge in [-0.1, -0.05) is 24.3 Å². The number of nitrogens with zero attached hydrogens (tertiary/aromatic N) is 5. The van der Waals surface area contributed by atoms with Gasteiger partial charge in [0.2, 0.25) is 23.5 Å². The van der Waals surface area contributed by atoms with Crippen molar-refractivity contribution in [2.24, 2.45) is 11.8 Å². The zero-order valence-corrected chi connectivity index (χ0v) is 29.9. The molecule has 4 N–H and O–H groups in total. The molecule has 1 saturated carbocycles. The molecule has 5 aromatic rings. The lowest BCUT2D eigenvalue weighted by atomic mass is 9.81. The Labute approximate surface area is 307 Å². The smallest absolute Gasteiger partial charge is 0.407 e. The van der Waals surface area contributed by atoms with Crippen molar-refractivity contribution >= 4 is 23.6 Å². The third kappa shape index (κ3) is 10.7. The van der Waals surface area contributed by atoms with Crippen molar-refractivity contribution in [3.63, 3.8) is 0 Å². The molecule has 14 heteroatoms. The van der Waals surface area contributed by atoms with Crippen LogP contribution in [-0.2, 0) is 20.7 Å². The van der Waals surface area contributed by atoms with Crippen LogP contribution in [0.25, 0.3) is 22.5 Å². The van der Waals surface area contributed by atoms with E-state index in [1.54, 1.807) is 55.0 Å². The van der Waals surface area contributed by atoms with Gasteiger partial charge in [0, 0.05) is 54.2 Å². The molecule has 0 bridgehead atoms. The molecule has 1 fully saturated rings. The SMILES string of the molecule is CC(C)(C)OC(=O)NCC1CCC(C(=O)N[C@@H](Cc2ccc(-c3ccc(Oc4cccnc4)nc3)cc2)C(=O)Nc2ccc(-c3nn[nH]n3)cc2)CC1. The number of hydrogen-bond donors (Lipinski definition) is 4. The third-order valence-corrected chi connectivity index (χ3v) is 8.86. The number of pyridine rings is 2. The highest BCUT2D eigenvalue weighted by molar-refractivity contribution is 5.97. The highest BCUT2D eigenvalue weighted by atomic mass is 16.6. The van der Waals surface area contributed by atoms with E-state index in [0.29, 0.717) is 42.5 Å². The summed E-state index contributed by atoms with van der Waals surface area (Å²) in [7, 11) is 0. The van der Waals surface area contributed by atoms with E-state index in [-0.39, 0.29) is 30.1 Å². The minimum absolute atomic E-state index is 0.160. The van der Waals surface area contributed by atoms with Gasteiger partial charge in [0.15, 0.2) is 0 Å². The average molecular weight is 718 g/mol. The number of carbonyl (C=O) groups is 3. The van der Waals surface area contributed by atoms with Gasteiger partial charge >= 0.3 is 6.09 Å². The summed E-state index contributed by atoms with van der Waals surface area (Å²) in [6, 6.07) is 21.4. The Bertz CT molecular complexity index is 1940. The number of benzene rings is 2. The topological polar surface area (TPSA) is 186 Å². The number of amides is 3. The predicted octanol–water partition coefficient (Wildman–Crippen LogP) is 6.11. The minimum atomic E-state index is -0.831. The molecule has 3 heterocycles. The quantitative estimate of drug-likeness (QED) is 0.117. The van der Waals surface area contributed by atoms with Crippen LogP contribution in [0.4, 0.5) is 10.5 Å². The average Bonchev–Trinajstić information content (AvgIpc) is 3.70. The first-order valence-electron chi connectivity index (χ1n) is 17.6. The van der Waals surface area contributed by atoms with Gasteiger partial charge in [-0.05, 0) is 111 Å². The standard InChI is InChI=1S/C39H43N9O5/c1-39(2,3)53-38(51)42-22-26-8-12-29(13-9-26)36(49)44-33(37(50)43-31-17-14-28(15-18-31)35-45-47-48-46-35)21-25-6-10-27(11-7-25)30-16-19-34(41-23-30)52-32-5-4-20-40-24-32/h4-7,10-11,14-20,23-24,26,29,33H,8-9,12-13,21-22H2,1-3H3,(H,42,51)(H,43,50)(H,44,49)(H,45,46,47,48)/t26?,29?,33-/m0/s1. The number of hydrogen-bond acceptors (Lipinski definition) is 10. The summed E-state index contributed by atoms with van der Waals surface area (Å²) in [4.78, 5) is 48.0. The second-order valence-corrected chi connectivity index (χ2v) is 14.0. The number of anilines is 1. The third-order valence-electron chi connectivity index (χ3n) is 8.86. The van der Waals surface area contributed by atoms with Gasteiger partial charge < -0.3 is 25.4 Å². The highest BCUT2D eigenvalue weighted by Crippen LogP contribution is 2.29. The van der Waals surface area contributed by atoms with Gasteiger partial charge in [-0.25, -0.2) is 9.78 Å². The van der Waals surface area contributed by atoms with Crippen LogP contribution in [-0.4, -0.2) is 66.7 Å². The van der Waals surface area contributed by atoms with Crippen LogP contribution in [0.5, 0.6) is 11.6 Å². The van der Waals surface area contributed by atoms with Gasteiger partial charge in [-0.2, -0.15) is 5.21 Å². The molecular formula is C39H43N9O5. The van der Waals surface area contributed by atoms with Gasteiger partial charge in [0.1, 0.15) is 17.4 Å². The predicted molar refractivity (Wildman–Crippen MR) is 198 cm³/mol. The zero-order valence-electron chi connectivity index (χ0n) is 29.9. The van der Waals surface area contributed by atoms with Crippen LogP contribution in [0.3, 0.4) is 0 Å². The van der Waals surface area contributed by atoms with E-state index in [2.05, 4.69) is 46.5 Å². The number of ether oxygens (including phenoxy) is 2. The fraction of sp³-hybridized carbons (Fsp3) is 0.333. The molecule has 274 valence electrons. The number of aromatic nitrogens is 6. The lowest BCUT2D eigenvalue weighted by Gasteiger charge is -2.29. The van der Waals surface area contributed by atoms with Gasteiger partial charge in [-0.15, -0.1) is 10.2 Å². The summed E-state index contributed by atoms with van der Waals surface area (Å²) in [5.41, 5.74) is 3.47. The fourth-order valence-electron chi connectivity index (χ4n) is 6.09. The molecule has 1 aliphatic carbocycles. The maximum Gasteiger partial charge on any atom is 0.407 e.